The fourth-order valence-electron chi connectivity index (χ4n) is 1.65. The van der Waals surface area contributed by atoms with Gasteiger partial charge in [0.1, 0.15) is 0 Å². The first-order valence-corrected chi connectivity index (χ1v) is 5.73. The van der Waals surface area contributed by atoms with Crippen molar-refractivity contribution >= 4 is 22.5 Å². The summed E-state index contributed by atoms with van der Waals surface area (Å²) in [7, 11) is 1.63. The largest absolute Gasteiger partial charge is 0.383 e. The van der Waals surface area contributed by atoms with E-state index in [1.54, 1.807) is 13.3 Å². The van der Waals surface area contributed by atoms with Crippen LogP contribution in [0.15, 0.2) is 24.4 Å². The van der Waals surface area contributed by atoms with E-state index >= 15 is 0 Å². The van der Waals surface area contributed by atoms with Crippen LogP contribution in [0.5, 0.6) is 0 Å². The highest BCUT2D eigenvalue weighted by Crippen LogP contribution is 2.20. The van der Waals surface area contributed by atoms with Gasteiger partial charge in [0.2, 0.25) is 5.91 Å². The van der Waals surface area contributed by atoms with Crippen LogP contribution in [0, 0.1) is 0 Å². The zero-order valence-corrected chi connectivity index (χ0v) is 10.2. The second-order valence-electron chi connectivity index (χ2n) is 3.85. The first-order valence-electron chi connectivity index (χ1n) is 5.73. The Balaban J connectivity index is 1.92. The van der Waals surface area contributed by atoms with E-state index in [9.17, 15) is 4.79 Å². The molecular weight excluding hydrogens is 232 g/mol. The van der Waals surface area contributed by atoms with Crippen molar-refractivity contribution in [3.05, 3.63) is 24.4 Å². The Labute approximate surface area is 105 Å². The van der Waals surface area contributed by atoms with Crippen LogP contribution >= 0.6 is 0 Å². The smallest absolute Gasteiger partial charge is 0.238 e. The van der Waals surface area contributed by atoms with Gasteiger partial charge in [-0.2, -0.15) is 5.10 Å². The zero-order chi connectivity index (χ0) is 12.8. The first-order chi connectivity index (χ1) is 8.81. The van der Waals surface area contributed by atoms with E-state index in [2.05, 4.69) is 20.8 Å². The number of aromatic nitrogens is 2. The highest BCUT2D eigenvalue weighted by molar-refractivity contribution is 6.01. The van der Waals surface area contributed by atoms with Gasteiger partial charge in [-0.1, -0.05) is 6.07 Å². The molecule has 0 saturated heterocycles. The minimum Gasteiger partial charge on any atom is -0.383 e. The number of anilines is 1. The predicted octanol–water partition coefficient (Wildman–Crippen LogP) is 0.737. The molecule has 3 N–H and O–H groups in total. The lowest BCUT2D eigenvalue weighted by Gasteiger charge is -2.07. The van der Waals surface area contributed by atoms with Crippen LogP contribution in [-0.4, -0.2) is 42.9 Å². The molecule has 0 saturated carbocycles. The summed E-state index contributed by atoms with van der Waals surface area (Å²) in [5.41, 5.74) is 1.67. The molecule has 0 unspecified atom stereocenters. The number of H-pyrrole nitrogens is 1. The van der Waals surface area contributed by atoms with Crippen molar-refractivity contribution < 1.29 is 9.53 Å². The Hall–Kier alpha value is -1.92. The molecule has 1 heterocycles. The molecule has 1 aromatic heterocycles. The highest BCUT2D eigenvalue weighted by Gasteiger charge is 2.06. The fraction of sp³-hybridized carbons (Fsp3) is 0.333. The number of carbonyl (C=O) groups excluding carboxylic acids is 1. The maximum Gasteiger partial charge on any atom is 0.238 e. The predicted molar refractivity (Wildman–Crippen MR) is 69.5 cm³/mol. The van der Waals surface area contributed by atoms with Crippen molar-refractivity contribution in [3.8, 4) is 0 Å². The number of carbonyl (C=O) groups is 1. The molecule has 2 aromatic rings. The van der Waals surface area contributed by atoms with Gasteiger partial charge in [0.25, 0.3) is 0 Å². The molecule has 0 aliphatic rings. The van der Waals surface area contributed by atoms with Crippen molar-refractivity contribution in [1.82, 2.24) is 15.5 Å². The summed E-state index contributed by atoms with van der Waals surface area (Å²) >= 11 is 0. The highest BCUT2D eigenvalue weighted by atomic mass is 16.5. The van der Waals surface area contributed by atoms with Crippen molar-refractivity contribution in [2.45, 2.75) is 0 Å². The van der Waals surface area contributed by atoms with Crippen LogP contribution in [0.3, 0.4) is 0 Å². The van der Waals surface area contributed by atoms with Crippen LogP contribution in [0.1, 0.15) is 0 Å². The summed E-state index contributed by atoms with van der Waals surface area (Å²) in [6.45, 7) is 1.50. The van der Waals surface area contributed by atoms with E-state index in [4.69, 9.17) is 4.74 Å². The summed E-state index contributed by atoms with van der Waals surface area (Å²) in [6.07, 6.45) is 1.70. The van der Waals surface area contributed by atoms with E-state index in [-0.39, 0.29) is 12.5 Å². The van der Waals surface area contributed by atoms with Crippen LogP contribution in [-0.2, 0) is 9.53 Å². The number of hydrogen-bond donors (Lipinski definition) is 3. The minimum atomic E-state index is -0.0835. The number of nitrogens with one attached hydrogen (secondary N) is 3. The van der Waals surface area contributed by atoms with Gasteiger partial charge in [0, 0.05) is 19.0 Å². The molecule has 0 atom stereocenters. The number of nitrogens with zero attached hydrogens (tertiary/aromatic N) is 1. The summed E-state index contributed by atoms with van der Waals surface area (Å²) < 4.78 is 4.88. The Morgan fingerprint density at radius 3 is 3.22 bits per heavy atom. The average molecular weight is 248 g/mol. The van der Waals surface area contributed by atoms with Crippen molar-refractivity contribution in [1.29, 1.82) is 0 Å². The summed E-state index contributed by atoms with van der Waals surface area (Å²) in [5, 5.41) is 13.5. The van der Waals surface area contributed by atoms with Gasteiger partial charge in [0.15, 0.2) is 0 Å². The quantitative estimate of drug-likeness (QED) is 0.659. The van der Waals surface area contributed by atoms with Crippen LogP contribution < -0.4 is 10.6 Å². The molecule has 0 aliphatic carbocycles. The maximum absolute atomic E-state index is 11.7. The van der Waals surface area contributed by atoms with Gasteiger partial charge < -0.3 is 15.4 Å². The Morgan fingerprint density at radius 2 is 2.39 bits per heavy atom. The molecule has 0 aliphatic heterocycles. The normalized spacial score (nSPS) is 10.7. The third-order valence-corrected chi connectivity index (χ3v) is 2.53. The summed E-state index contributed by atoms with van der Waals surface area (Å²) in [4.78, 5) is 11.7. The number of rotatable bonds is 6. The number of benzene rings is 1. The molecule has 0 fully saturated rings. The molecule has 1 amide bonds. The Kier molecular flexibility index (Phi) is 4.27. The van der Waals surface area contributed by atoms with Gasteiger partial charge in [-0.25, -0.2) is 0 Å². The zero-order valence-electron chi connectivity index (χ0n) is 10.2. The van der Waals surface area contributed by atoms with Crippen molar-refractivity contribution in [2.75, 3.05) is 32.1 Å². The van der Waals surface area contributed by atoms with Gasteiger partial charge >= 0.3 is 0 Å². The third-order valence-electron chi connectivity index (χ3n) is 2.53. The number of amides is 1. The summed E-state index contributed by atoms with van der Waals surface area (Å²) in [5.74, 6) is -0.0835. The Morgan fingerprint density at radius 1 is 1.50 bits per heavy atom. The lowest BCUT2D eigenvalue weighted by molar-refractivity contribution is -0.115. The van der Waals surface area contributed by atoms with Crippen LogP contribution in [0.2, 0.25) is 0 Å². The third kappa shape index (κ3) is 3.06. The molecule has 18 heavy (non-hydrogen) atoms. The van der Waals surface area contributed by atoms with E-state index in [0.717, 1.165) is 16.6 Å². The summed E-state index contributed by atoms with van der Waals surface area (Å²) in [6, 6.07) is 5.63. The van der Waals surface area contributed by atoms with Crippen molar-refractivity contribution in [2.24, 2.45) is 0 Å². The molecule has 0 radical (unpaired) electrons. The van der Waals surface area contributed by atoms with E-state index in [1.807, 2.05) is 18.2 Å². The number of aromatic amines is 1. The fourth-order valence-corrected chi connectivity index (χ4v) is 1.65. The standard InChI is InChI=1S/C12H16N4O2/c1-18-6-5-13-8-12(17)15-10-3-2-4-11-9(10)7-14-16-11/h2-4,7,13H,5-6,8H2,1H3,(H,14,16)(H,15,17). The number of fused-ring (bicyclic) bond motifs is 1. The van der Waals surface area contributed by atoms with Crippen molar-refractivity contribution in [3.63, 3.8) is 0 Å². The molecule has 0 spiro atoms. The topological polar surface area (TPSA) is 79.0 Å². The van der Waals surface area contributed by atoms with Gasteiger partial charge in [-0.15, -0.1) is 0 Å². The average Bonchev–Trinajstić information content (AvgIpc) is 2.84. The van der Waals surface area contributed by atoms with E-state index in [1.165, 1.54) is 0 Å². The molecule has 1 aromatic carbocycles. The second kappa shape index (κ2) is 6.13. The second-order valence-corrected chi connectivity index (χ2v) is 3.85. The SMILES string of the molecule is COCCNCC(=O)Nc1cccc2[nH]ncc12. The number of methoxy groups -OCH3 is 1. The lowest BCUT2D eigenvalue weighted by atomic mass is 10.2. The van der Waals surface area contributed by atoms with Gasteiger partial charge in [0.05, 0.1) is 30.6 Å². The number of ether oxygens (including phenoxy) is 1. The maximum atomic E-state index is 11.7. The van der Waals surface area contributed by atoms with Crippen LogP contribution in [0.4, 0.5) is 5.69 Å². The van der Waals surface area contributed by atoms with Gasteiger partial charge in [-0.05, 0) is 12.1 Å². The van der Waals surface area contributed by atoms with E-state index < -0.39 is 0 Å². The lowest BCUT2D eigenvalue weighted by Crippen LogP contribution is -2.30. The minimum absolute atomic E-state index is 0.0835. The Bertz CT molecular complexity index is 524. The molecule has 6 nitrogen and oxygen atoms in total. The first kappa shape index (κ1) is 12.5. The van der Waals surface area contributed by atoms with E-state index in [0.29, 0.717) is 13.2 Å². The van der Waals surface area contributed by atoms with Crippen LogP contribution in [0.25, 0.3) is 10.9 Å². The monoisotopic (exact) mass is 248 g/mol. The number of hydrogen-bond acceptors (Lipinski definition) is 4. The molecule has 96 valence electrons. The molecule has 2 rings (SSSR count). The van der Waals surface area contributed by atoms with Gasteiger partial charge in [-0.3, -0.25) is 9.89 Å². The molecule has 6 heteroatoms. The molecular formula is C12H16N4O2. The molecule has 0 bridgehead atoms.